The van der Waals surface area contributed by atoms with E-state index in [1.54, 1.807) is 13.3 Å². The number of aromatic nitrogens is 2. The van der Waals surface area contributed by atoms with Gasteiger partial charge in [-0.05, 0) is 13.8 Å². The van der Waals surface area contributed by atoms with Crippen molar-refractivity contribution in [1.29, 1.82) is 0 Å². The maximum Gasteiger partial charge on any atom is 0.287 e. The minimum absolute atomic E-state index is 0.0254. The Labute approximate surface area is 123 Å². The third kappa shape index (κ3) is 2.97. The number of rotatable bonds is 5. The highest BCUT2D eigenvalue weighted by atomic mass is 35.5. The average molecular weight is 302 g/mol. The minimum atomic E-state index is -0.365. The van der Waals surface area contributed by atoms with Crippen LogP contribution in [-0.2, 0) is 9.47 Å². The third-order valence-electron chi connectivity index (χ3n) is 3.53. The van der Waals surface area contributed by atoms with E-state index in [0.717, 1.165) is 6.42 Å². The average Bonchev–Trinajstić information content (AvgIpc) is 2.89. The quantitative estimate of drug-likeness (QED) is 0.896. The van der Waals surface area contributed by atoms with Crippen molar-refractivity contribution >= 4 is 17.3 Å². The summed E-state index contributed by atoms with van der Waals surface area (Å²) in [6.45, 7) is 5.50. The summed E-state index contributed by atoms with van der Waals surface area (Å²) in [6.07, 6.45) is 2.38. The molecule has 0 radical (unpaired) electrons. The van der Waals surface area contributed by atoms with Crippen LogP contribution >= 0.6 is 11.6 Å². The number of methoxy groups -OCH3 is 1. The number of nitrogens with one attached hydrogen (secondary N) is 1. The molecule has 0 amide bonds. The lowest BCUT2D eigenvalue weighted by molar-refractivity contribution is -0.00620. The van der Waals surface area contributed by atoms with E-state index in [2.05, 4.69) is 10.4 Å². The Morgan fingerprint density at radius 2 is 2.40 bits per heavy atom. The fourth-order valence-corrected chi connectivity index (χ4v) is 2.36. The fraction of sp³-hybridized carbons (Fsp3) is 0.692. The molecule has 0 spiro atoms. The van der Waals surface area contributed by atoms with Crippen molar-refractivity contribution in [2.75, 3.05) is 32.2 Å². The molecule has 0 aromatic carbocycles. The van der Waals surface area contributed by atoms with Crippen LogP contribution in [-0.4, -0.2) is 42.2 Å². The zero-order chi connectivity index (χ0) is 14.8. The van der Waals surface area contributed by atoms with Crippen LogP contribution in [0, 0.1) is 0 Å². The van der Waals surface area contributed by atoms with Crippen LogP contribution in [0.15, 0.2) is 11.0 Å². The summed E-state index contributed by atoms with van der Waals surface area (Å²) in [5, 5.41) is 7.41. The largest absolute Gasteiger partial charge is 0.379 e. The second-order valence-electron chi connectivity index (χ2n) is 5.26. The molecular formula is C13H20ClN3O3. The van der Waals surface area contributed by atoms with E-state index < -0.39 is 0 Å². The lowest BCUT2D eigenvalue weighted by Crippen LogP contribution is -2.40. The molecule has 2 heterocycles. The normalized spacial score (nSPS) is 22.4. The molecule has 1 saturated heterocycles. The summed E-state index contributed by atoms with van der Waals surface area (Å²) in [5.74, 6) is 0. The van der Waals surface area contributed by atoms with Gasteiger partial charge in [0.15, 0.2) is 0 Å². The lowest BCUT2D eigenvalue weighted by atomic mass is 10.0. The molecule has 0 aliphatic carbocycles. The Morgan fingerprint density at radius 3 is 2.95 bits per heavy atom. The number of anilines is 1. The molecule has 7 heteroatoms. The van der Waals surface area contributed by atoms with E-state index in [-0.39, 0.29) is 22.2 Å². The van der Waals surface area contributed by atoms with E-state index in [1.807, 2.05) is 13.8 Å². The van der Waals surface area contributed by atoms with Crippen molar-refractivity contribution in [2.45, 2.75) is 31.9 Å². The van der Waals surface area contributed by atoms with Crippen molar-refractivity contribution in [3.8, 4) is 0 Å². The molecule has 2 rings (SSSR count). The molecule has 20 heavy (non-hydrogen) atoms. The Kier molecular flexibility index (Phi) is 4.67. The Morgan fingerprint density at radius 1 is 1.65 bits per heavy atom. The predicted molar refractivity (Wildman–Crippen MR) is 77.6 cm³/mol. The van der Waals surface area contributed by atoms with Gasteiger partial charge in [0.05, 0.1) is 24.5 Å². The van der Waals surface area contributed by atoms with Crippen molar-refractivity contribution in [1.82, 2.24) is 9.78 Å². The second kappa shape index (κ2) is 6.11. The predicted octanol–water partition coefficient (Wildman–Crippen LogP) is 1.70. The van der Waals surface area contributed by atoms with Gasteiger partial charge in [-0.1, -0.05) is 11.6 Å². The van der Waals surface area contributed by atoms with Crippen LogP contribution < -0.4 is 10.9 Å². The van der Waals surface area contributed by atoms with Gasteiger partial charge in [0.25, 0.3) is 5.56 Å². The van der Waals surface area contributed by atoms with Crippen LogP contribution in [0.4, 0.5) is 5.69 Å². The van der Waals surface area contributed by atoms with E-state index >= 15 is 0 Å². The molecule has 1 aliphatic rings. The summed E-state index contributed by atoms with van der Waals surface area (Å²) in [5.41, 5.74) is -0.131. The Hall–Kier alpha value is -1.11. The van der Waals surface area contributed by atoms with Crippen molar-refractivity contribution in [2.24, 2.45) is 0 Å². The van der Waals surface area contributed by atoms with Gasteiger partial charge >= 0.3 is 0 Å². The van der Waals surface area contributed by atoms with Crippen LogP contribution in [0.3, 0.4) is 0 Å². The molecule has 6 nitrogen and oxygen atoms in total. The smallest absolute Gasteiger partial charge is 0.287 e. The molecule has 112 valence electrons. The highest BCUT2D eigenvalue weighted by Crippen LogP contribution is 2.24. The van der Waals surface area contributed by atoms with Crippen LogP contribution in [0.2, 0.25) is 5.02 Å². The van der Waals surface area contributed by atoms with Gasteiger partial charge in [0.2, 0.25) is 0 Å². The van der Waals surface area contributed by atoms with Crippen LogP contribution in [0.1, 0.15) is 26.3 Å². The third-order valence-corrected chi connectivity index (χ3v) is 3.90. The number of hydrogen-bond donors (Lipinski definition) is 1. The maximum absolute atomic E-state index is 12.0. The first-order valence-electron chi connectivity index (χ1n) is 6.63. The standard InChI is InChI=1S/C13H20ClN3O3/c1-9(2)17-12(18)11(14)10(6-16-17)15-7-13(19-3)4-5-20-8-13/h6,9,15H,4-5,7-8H2,1-3H3. The summed E-state index contributed by atoms with van der Waals surface area (Å²) in [4.78, 5) is 12.0. The van der Waals surface area contributed by atoms with Gasteiger partial charge < -0.3 is 14.8 Å². The number of hydrogen-bond acceptors (Lipinski definition) is 5. The van der Waals surface area contributed by atoms with Crippen LogP contribution in [0.25, 0.3) is 0 Å². The van der Waals surface area contributed by atoms with Gasteiger partial charge in [-0.2, -0.15) is 5.10 Å². The summed E-state index contributed by atoms with van der Waals surface area (Å²) in [7, 11) is 1.66. The van der Waals surface area contributed by atoms with Crippen LogP contribution in [0.5, 0.6) is 0 Å². The number of ether oxygens (including phenoxy) is 2. The molecule has 1 aliphatic heterocycles. The SMILES string of the molecule is COC1(CNc2cnn(C(C)C)c(=O)c2Cl)CCOC1. The van der Waals surface area contributed by atoms with Gasteiger partial charge in [0, 0.05) is 26.7 Å². The number of nitrogens with zero attached hydrogens (tertiary/aromatic N) is 2. The highest BCUT2D eigenvalue weighted by molar-refractivity contribution is 6.32. The van der Waals surface area contributed by atoms with Crippen molar-refractivity contribution in [3.05, 3.63) is 21.6 Å². The molecule has 1 N–H and O–H groups in total. The van der Waals surface area contributed by atoms with E-state index in [4.69, 9.17) is 21.1 Å². The van der Waals surface area contributed by atoms with Gasteiger partial charge in [0.1, 0.15) is 10.6 Å². The van der Waals surface area contributed by atoms with Gasteiger partial charge in [-0.3, -0.25) is 4.79 Å². The monoisotopic (exact) mass is 301 g/mol. The topological polar surface area (TPSA) is 65.4 Å². The van der Waals surface area contributed by atoms with E-state index in [9.17, 15) is 4.79 Å². The zero-order valence-electron chi connectivity index (χ0n) is 12.0. The summed E-state index contributed by atoms with van der Waals surface area (Å²) >= 11 is 6.11. The van der Waals surface area contributed by atoms with Crippen molar-refractivity contribution in [3.63, 3.8) is 0 Å². The molecule has 1 aromatic heterocycles. The molecular weight excluding hydrogens is 282 g/mol. The molecule has 1 fully saturated rings. The first kappa shape index (κ1) is 15.3. The van der Waals surface area contributed by atoms with E-state index in [0.29, 0.717) is 25.4 Å². The maximum atomic E-state index is 12.0. The number of halogens is 1. The molecule has 1 aromatic rings. The van der Waals surface area contributed by atoms with Gasteiger partial charge in [-0.25, -0.2) is 4.68 Å². The molecule has 1 unspecified atom stereocenters. The first-order valence-corrected chi connectivity index (χ1v) is 7.01. The molecule has 1 atom stereocenters. The first-order chi connectivity index (χ1) is 9.49. The Balaban J connectivity index is 2.14. The summed E-state index contributed by atoms with van der Waals surface area (Å²) in [6, 6.07) is -0.0254. The highest BCUT2D eigenvalue weighted by Gasteiger charge is 2.35. The minimum Gasteiger partial charge on any atom is -0.379 e. The van der Waals surface area contributed by atoms with Gasteiger partial charge in [-0.15, -0.1) is 0 Å². The summed E-state index contributed by atoms with van der Waals surface area (Å²) < 4.78 is 12.2. The lowest BCUT2D eigenvalue weighted by Gasteiger charge is -2.26. The molecule has 0 saturated carbocycles. The van der Waals surface area contributed by atoms with Crippen molar-refractivity contribution < 1.29 is 9.47 Å². The second-order valence-corrected chi connectivity index (χ2v) is 5.64. The zero-order valence-corrected chi connectivity index (χ0v) is 12.7. The van der Waals surface area contributed by atoms with E-state index in [1.165, 1.54) is 4.68 Å². The fourth-order valence-electron chi connectivity index (χ4n) is 2.15. The molecule has 0 bridgehead atoms. The Bertz CT molecular complexity index is 524.